The fraction of sp³-hybridized carbons (Fsp3) is 0.520. The Hall–Kier alpha value is -5.01. The van der Waals surface area contributed by atoms with Crippen LogP contribution in [-0.4, -0.2) is 114 Å². The summed E-state index contributed by atoms with van der Waals surface area (Å²) in [5.74, 6) is -0.705. The largest absolute Gasteiger partial charge is 0.459 e. The third kappa shape index (κ3) is 12.0. The molecule has 2 heterocycles. The number of benzene rings is 3. The van der Waals surface area contributed by atoms with Gasteiger partial charge in [0.15, 0.2) is 0 Å². The molecule has 0 radical (unpaired) electrons. The van der Waals surface area contributed by atoms with E-state index in [1.54, 1.807) is 17.8 Å². The second kappa shape index (κ2) is 24.3. The quantitative estimate of drug-likeness (QED) is 0.0253. The van der Waals surface area contributed by atoms with Crippen LogP contribution in [0.4, 0.5) is 10.5 Å². The summed E-state index contributed by atoms with van der Waals surface area (Å²) in [7, 11) is 0. The zero-order chi connectivity index (χ0) is 47.2. The summed E-state index contributed by atoms with van der Waals surface area (Å²) in [6.07, 6.45) is 11.4. The molecule has 3 aromatic carbocycles. The number of unbranched alkanes of at least 4 members (excludes halogenated alkanes) is 2. The zero-order valence-corrected chi connectivity index (χ0v) is 38.9. The van der Waals surface area contributed by atoms with Crippen LogP contribution in [0.15, 0.2) is 101 Å². The third-order valence-corrected chi connectivity index (χ3v) is 13.7. The Bertz CT molecular complexity index is 2170. The molecular formula is C50H63N3O13S. The zero-order valence-electron chi connectivity index (χ0n) is 38.1. The summed E-state index contributed by atoms with van der Waals surface area (Å²) in [5, 5.41) is 46.0. The van der Waals surface area contributed by atoms with E-state index < -0.39 is 35.1 Å². The number of allylic oxidation sites excluding steroid dienone is 1. The van der Waals surface area contributed by atoms with Crippen LogP contribution >= 0.6 is 11.8 Å². The van der Waals surface area contributed by atoms with Crippen molar-refractivity contribution in [2.24, 2.45) is 22.9 Å². The maximum Gasteiger partial charge on any atom is 0.415 e. The monoisotopic (exact) mass is 945 g/mol. The summed E-state index contributed by atoms with van der Waals surface area (Å²) in [5.41, 5.74) is 2.14. The maximum atomic E-state index is 14.9. The van der Waals surface area contributed by atoms with Crippen LogP contribution in [0.25, 0.3) is 0 Å². The minimum atomic E-state index is -1.61. The van der Waals surface area contributed by atoms with Crippen molar-refractivity contribution >= 4 is 29.3 Å². The molecule has 16 nitrogen and oxygen atoms in total. The molecule has 2 aliphatic heterocycles. The predicted octanol–water partition coefficient (Wildman–Crippen LogP) is 8.78. The molecule has 67 heavy (non-hydrogen) atoms. The van der Waals surface area contributed by atoms with E-state index in [-0.39, 0.29) is 81.8 Å². The van der Waals surface area contributed by atoms with E-state index in [0.29, 0.717) is 48.8 Å². The molecule has 1 saturated carbocycles. The summed E-state index contributed by atoms with van der Waals surface area (Å²) < 4.78 is 38.7. The second-order valence-corrected chi connectivity index (χ2v) is 18.0. The molecule has 1 unspecified atom stereocenters. The Morgan fingerprint density at radius 3 is 2.40 bits per heavy atom. The first-order valence-electron chi connectivity index (χ1n) is 23.3. The Balaban J connectivity index is 1.42. The van der Waals surface area contributed by atoms with Crippen molar-refractivity contribution in [3.05, 3.63) is 107 Å². The van der Waals surface area contributed by atoms with E-state index in [1.807, 2.05) is 48.7 Å². The van der Waals surface area contributed by atoms with E-state index in [4.69, 9.17) is 38.4 Å². The lowest BCUT2D eigenvalue weighted by Crippen LogP contribution is -2.70. The first-order chi connectivity index (χ1) is 32.7. The van der Waals surface area contributed by atoms with Crippen molar-refractivity contribution < 1.29 is 58.3 Å². The smallest absolute Gasteiger partial charge is 0.415 e. The molecule has 1 amide bonds. The average Bonchev–Trinajstić information content (AvgIpc) is 3.34. The van der Waals surface area contributed by atoms with Crippen LogP contribution < -0.4 is 14.2 Å². The molecule has 3 aromatic rings. The number of aliphatic hydroxyl groups excluding tert-OH is 3. The number of non-ortho nitro benzene ring substituents is 1. The number of oxime groups is 1. The van der Waals surface area contributed by atoms with Crippen molar-refractivity contribution in [2.75, 3.05) is 59.0 Å². The van der Waals surface area contributed by atoms with Gasteiger partial charge in [-0.2, -0.15) is 0 Å². The Morgan fingerprint density at radius 2 is 1.72 bits per heavy atom. The number of hydrogen-bond acceptors (Lipinski definition) is 15. The minimum absolute atomic E-state index is 0.00372. The SMILES string of the molecule is C=CCO[C@@]12Oc3ccc(Oc4ccc(SC)cc4)cc3[C@H]3[C@H](CCCCO)[C@@H](CCCCO)C=C(C(=NOC4CCCCO4)C[C@@H]1N(CCOCCO)C(=O)Oc1ccc([N+](=O)[O-])cc1)[C@H]32. The van der Waals surface area contributed by atoms with Crippen molar-refractivity contribution in [3.63, 3.8) is 0 Å². The number of ether oxygens (including phenoxy) is 6. The Kier molecular flexibility index (Phi) is 18.1. The van der Waals surface area contributed by atoms with Crippen molar-refractivity contribution in [2.45, 2.75) is 93.1 Å². The van der Waals surface area contributed by atoms with Gasteiger partial charge in [-0.25, -0.2) is 4.79 Å². The van der Waals surface area contributed by atoms with E-state index in [0.717, 1.165) is 54.6 Å². The van der Waals surface area contributed by atoms with Gasteiger partial charge >= 0.3 is 6.09 Å². The molecule has 362 valence electrons. The van der Waals surface area contributed by atoms with Gasteiger partial charge < -0.3 is 48.6 Å². The van der Waals surface area contributed by atoms with Gasteiger partial charge in [0.25, 0.3) is 5.69 Å². The van der Waals surface area contributed by atoms with Crippen molar-refractivity contribution in [1.82, 2.24) is 4.90 Å². The lowest BCUT2D eigenvalue weighted by atomic mass is 9.55. The number of carbonyl (C=O) groups excluding carboxylic acids is 1. The molecule has 7 atom stereocenters. The van der Waals surface area contributed by atoms with Gasteiger partial charge in [-0.05, 0) is 117 Å². The van der Waals surface area contributed by atoms with E-state index in [2.05, 4.69) is 12.7 Å². The number of amides is 1. The highest BCUT2D eigenvalue weighted by Gasteiger charge is 2.65. The summed E-state index contributed by atoms with van der Waals surface area (Å²) >= 11 is 1.64. The Labute approximate surface area is 396 Å². The number of nitro benzene ring substituents is 1. The van der Waals surface area contributed by atoms with E-state index in [9.17, 15) is 30.2 Å². The number of thioether (sulfide) groups is 1. The molecule has 4 aliphatic rings. The van der Waals surface area contributed by atoms with Gasteiger partial charge in [0.2, 0.25) is 12.1 Å². The second-order valence-electron chi connectivity index (χ2n) is 17.1. The summed E-state index contributed by atoms with van der Waals surface area (Å²) in [6, 6.07) is 18.0. The topological polar surface area (TPSA) is 201 Å². The summed E-state index contributed by atoms with van der Waals surface area (Å²) in [6.45, 7) is 4.46. The molecule has 2 aliphatic carbocycles. The van der Waals surface area contributed by atoms with Crippen LogP contribution in [0.5, 0.6) is 23.0 Å². The maximum absolute atomic E-state index is 14.9. The fourth-order valence-electron chi connectivity index (χ4n) is 9.91. The average molecular weight is 946 g/mol. The number of nitrogens with zero attached hydrogens (tertiary/aromatic N) is 3. The van der Waals surface area contributed by atoms with Gasteiger partial charge in [0.1, 0.15) is 29.0 Å². The predicted molar refractivity (Wildman–Crippen MR) is 252 cm³/mol. The van der Waals surface area contributed by atoms with Crippen LogP contribution in [0.1, 0.15) is 75.7 Å². The van der Waals surface area contributed by atoms with Gasteiger partial charge in [-0.1, -0.05) is 30.1 Å². The van der Waals surface area contributed by atoms with Gasteiger partial charge in [0.05, 0.1) is 49.6 Å². The lowest BCUT2D eigenvalue weighted by Gasteiger charge is -2.59. The number of nitro groups is 1. The van der Waals surface area contributed by atoms with Gasteiger partial charge in [-0.15, -0.1) is 18.3 Å². The normalized spacial score (nSPS) is 24.7. The molecule has 1 saturated heterocycles. The molecule has 0 spiro atoms. The highest BCUT2D eigenvalue weighted by atomic mass is 32.2. The third-order valence-electron chi connectivity index (χ3n) is 12.9. The molecule has 0 bridgehead atoms. The number of rotatable bonds is 24. The van der Waals surface area contributed by atoms with Crippen molar-refractivity contribution in [3.8, 4) is 23.0 Å². The summed E-state index contributed by atoms with van der Waals surface area (Å²) in [4.78, 5) is 34.7. The van der Waals surface area contributed by atoms with Crippen LogP contribution in [0.3, 0.4) is 0 Å². The highest BCUT2D eigenvalue weighted by Crippen LogP contribution is 2.62. The van der Waals surface area contributed by atoms with E-state index in [1.165, 1.54) is 29.2 Å². The molecule has 0 aromatic heterocycles. The first-order valence-corrected chi connectivity index (χ1v) is 24.5. The first kappa shape index (κ1) is 49.9. The number of carbonyl (C=O) groups is 1. The van der Waals surface area contributed by atoms with Crippen LogP contribution in [0, 0.1) is 27.9 Å². The van der Waals surface area contributed by atoms with Crippen molar-refractivity contribution in [1.29, 1.82) is 0 Å². The lowest BCUT2D eigenvalue weighted by molar-refractivity contribution is -0.384. The Morgan fingerprint density at radius 1 is 0.970 bits per heavy atom. The van der Waals surface area contributed by atoms with Crippen LogP contribution in [-0.2, 0) is 19.0 Å². The molecular weight excluding hydrogens is 883 g/mol. The van der Waals surface area contributed by atoms with Gasteiger partial charge in [0, 0.05) is 61.1 Å². The fourth-order valence-corrected chi connectivity index (χ4v) is 10.3. The van der Waals surface area contributed by atoms with Gasteiger partial charge in [-0.3, -0.25) is 15.0 Å². The number of fused-ring (bicyclic) bond motifs is 2. The standard InChI is InChI=1S/C50H63N3O13S/c1-3-27-62-50-45(52(23-29-60-30-26-56)49(57)64-37-15-13-35(14-16-37)53(58)59)33-43(51-66-46-12-6-9-28-61-46)41-31-34(10-4-7-24-54)40(11-5-8-25-55)47(48(41)50)42-32-38(19-22-44(42)65-50)63-36-17-20-39(67-2)21-18-36/h3,13-22,31-32,34,40,45-48,54-56H,1,4-12,23-30,33H2,2H3/t34-,40+,45-,46?,47+,48+,50+/m0/s1. The van der Waals surface area contributed by atoms with E-state index >= 15 is 0 Å². The molecule has 3 N–H and O–H groups in total. The highest BCUT2D eigenvalue weighted by molar-refractivity contribution is 7.98. The molecule has 7 rings (SSSR count). The van der Waals surface area contributed by atoms with Crippen LogP contribution in [0.2, 0.25) is 0 Å². The number of hydrogen-bond donors (Lipinski definition) is 3. The number of aliphatic hydroxyl groups is 3. The molecule has 17 heteroatoms. The molecule has 2 fully saturated rings. The minimum Gasteiger partial charge on any atom is -0.459 e.